The van der Waals surface area contributed by atoms with Crippen LogP contribution in [-0.4, -0.2) is 54.7 Å². The molecule has 1 atom stereocenters. The predicted octanol–water partition coefficient (Wildman–Crippen LogP) is 1.71. The molecular formula is C19H21N3O3. The second kappa shape index (κ2) is 7.21. The third-order valence-corrected chi connectivity index (χ3v) is 4.54. The first-order valence-corrected chi connectivity index (χ1v) is 8.58. The van der Waals surface area contributed by atoms with Crippen LogP contribution in [0.4, 0.5) is 5.69 Å². The largest absolute Gasteiger partial charge is 0.474 e. The number of morpholine rings is 1. The highest BCUT2D eigenvalue weighted by Gasteiger charge is 2.33. The number of ether oxygens (including phenoxy) is 2. The topological polar surface area (TPSA) is 54.9 Å². The van der Waals surface area contributed by atoms with E-state index < -0.39 is 6.10 Å². The smallest absolute Gasteiger partial charge is 0.257 e. The van der Waals surface area contributed by atoms with Crippen molar-refractivity contribution in [2.75, 3.05) is 37.7 Å². The fraction of sp³-hybridized carbons (Fsp3) is 0.368. The van der Waals surface area contributed by atoms with Crippen LogP contribution in [0, 0.1) is 0 Å². The van der Waals surface area contributed by atoms with E-state index in [0.29, 0.717) is 32.2 Å². The lowest BCUT2D eigenvalue weighted by Gasteiger charge is -2.36. The summed E-state index contributed by atoms with van der Waals surface area (Å²) in [6.07, 6.45) is 1.22. The number of aromatic nitrogens is 1. The lowest BCUT2D eigenvalue weighted by atomic mass is 10.1. The minimum atomic E-state index is -0.455. The molecule has 1 aromatic carbocycles. The van der Waals surface area contributed by atoms with Gasteiger partial charge in [-0.05, 0) is 17.7 Å². The van der Waals surface area contributed by atoms with Crippen molar-refractivity contribution in [2.45, 2.75) is 12.6 Å². The molecule has 0 unspecified atom stereocenters. The van der Waals surface area contributed by atoms with E-state index in [9.17, 15) is 4.79 Å². The number of anilines is 1. The van der Waals surface area contributed by atoms with Gasteiger partial charge in [0.2, 0.25) is 5.88 Å². The number of amides is 1. The van der Waals surface area contributed by atoms with Crippen molar-refractivity contribution in [2.24, 2.45) is 0 Å². The zero-order valence-electron chi connectivity index (χ0n) is 14.0. The summed E-state index contributed by atoms with van der Waals surface area (Å²) in [5.74, 6) is 0.495. The van der Waals surface area contributed by atoms with Crippen LogP contribution in [0.1, 0.15) is 5.56 Å². The van der Waals surface area contributed by atoms with Gasteiger partial charge in [-0.15, -0.1) is 0 Å². The van der Waals surface area contributed by atoms with Crippen LogP contribution in [-0.2, 0) is 16.1 Å². The van der Waals surface area contributed by atoms with E-state index >= 15 is 0 Å². The summed E-state index contributed by atoms with van der Waals surface area (Å²) in [6, 6.07) is 14.0. The van der Waals surface area contributed by atoms with Crippen LogP contribution in [0.15, 0.2) is 48.7 Å². The van der Waals surface area contributed by atoms with Gasteiger partial charge in [-0.3, -0.25) is 9.69 Å². The highest BCUT2D eigenvalue weighted by Crippen LogP contribution is 2.29. The summed E-state index contributed by atoms with van der Waals surface area (Å²) in [7, 11) is 0. The Morgan fingerprint density at radius 1 is 1.12 bits per heavy atom. The number of hydrogen-bond acceptors (Lipinski definition) is 5. The van der Waals surface area contributed by atoms with E-state index in [4.69, 9.17) is 9.47 Å². The van der Waals surface area contributed by atoms with Crippen molar-refractivity contribution in [3.63, 3.8) is 0 Å². The Bertz CT molecular complexity index is 738. The van der Waals surface area contributed by atoms with Gasteiger partial charge in [0.1, 0.15) is 18.4 Å². The average molecular weight is 339 g/mol. The van der Waals surface area contributed by atoms with Crippen LogP contribution < -0.4 is 9.64 Å². The van der Waals surface area contributed by atoms with E-state index in [0.717, 1.165) is 18.8 Å². The molecule has 0 radical (unpaired) electrons. The number of pyridine rings is 1. The first kappa shape index (κ1) is 16.1. The molecule has 4 rings (SSSR count). The van der Waals surface area contributed by atoms with E-state index in [1.165, 1.54) is 5.56 Å². The summed E-state index contributed by atoms with van der Waals surface area (Å²) in [5, 5.41) is 0. The molecule has 1 fully saturated rings. The van der Waals surface area contributed by atoms with Crippen molar-refractivity contribution in [3.05, 3.63) is 54.2 Å². The molecule has 2 aliphatic rings. The van der Waals surface area contributed by atoms with Gasteiger partial charge in [-0.1, -0.05) is 30.3 Å². The summed E-state index contributed by atoms with van der Waals surface area (Å²) < 4.78 is 11.3. The molecule has 1 amide bonds. The lowest BCUT2D eigenvalue weighted by Crippen LogP contribution is -2.52. The fourth-order valence-corrected chi connectivity index (χ4v) is 3.29. The van der Waals surface area contributed by atoms with Gasteiger partial charge in [0.15, 0.2) is 0 Å². The van der Waals surface area contributed by atoms with Gasteiger partial charge in [-0.2, -0.15) is 0 Å². The molecule has 6 nitrogen and oxygen atoms in total. The minimum absolute atomic E-state index is 0.0182. The zero-order chi connectivity index (χ0) is 17.1. The van der Waals surface area contributed by atoms with Crippen LogP contribution in [0.25, 0.3) is 0 Å². The molecule has 1 aromatic heterocycles. The molecule has 1 saturated heterocycles. The van der Waals surface area contributed by atoms with Crippen molar-refractivity contribution in [3.8, 4) is 5.88 Å². The molecule has 2 aromatic rings. The number of nitrogens with zero attached hydrogens (tertiary/aromatic N) is 3. The molecule has 3 heterocycles. The van der Waals surface area contributed by atoms with E-state index in [1.54, 1.807) is 11.1 Å². The fourth-order valence-electron chi connectivity index (χ4n) is 3.29. The van der Waals surface area contributed by atoms with Crippen LogP contribution in [0.5, 0.6) is 5.88 Å². The predicted molar refractivity (Wildman–Crippen MR) is 93.5 cm³/mol. The van der Waals surface area contributed by atoms with Crippen molar-refractivity contribution in [1.82, 2.24) is 9.88 Å². The normalized spacial score (nSPS) is 20.6. The van der Waals surface area contributed by atoms with E-state index in [2.05, 4.69) is 22.0 Å². The summed E-state index contributed by atoms with van der Waals surface area (Å²) in [5.41, 5.74) is 1.97. The van der Waals surface area contributed by atoms with E-state index in [1.807, 2.05) is 30.3 Å². The third kappa shape index (κ3) is 3.50. The Kier molecular flexibility index (Phi) is 4.63. The van der Waals surface area contributed by atoms with E-state index in [-0.39, 0.29) is 5.91 Å². The quantitative estimate of drug-likeness (QED) is 0.852. The molecule has 6 heteroatoms. The third-order valence-electron chi connectivity index (χ3n) is 4.54. The zero-order valence-corrected chi connectivity index (χ0v) is 14.0. The molecule has 0 saturated carbocycles. The van der Waals surface area contributed by atoms with Gasteiger partial charge in [0, 0.05) is 25.8 Å². The average Bonchev–Trinajstić information content (AvgIpc) is 2.68. The minimum Gasteiger partial charge on any atom is -0.474 e. The molecule has 0 N–H and O–H groups in total. The van der Waals surface area contributed by atoms with Crippen molar-refractivity contribution < 1.29 is 14.3 Å². The molecule has 0 spiro atoms. The number of rotatable bonds is 3. The summed E-state index contributed by atoms with van der Waals surface area (Å²) in [6.45, 7) is 3.80. The van der Waals surface area contributed by atoms with Crippen LogP contribution in [0.3, 0.4) is 0 Å². The Morgan fingerprint density at radius 2 is 2.00 bits per heavy atom. The van der Waals surface area contributed by atoms with Crippen molar-refractivity contribution >= 4 is 11.6 Å². The Morgan fingerprint density at radius 3 is 2.88 bits per heavy atom. The SMILES string of the molecule is O=C([C@@H]1CN(Cc2ccccc2)CCO1)N1CCOc2ncccc21. The highest BCUT2D eigenvalue weighted by atomic mass is 16.5. The number of benzene rings is 1. The number of carbonyl (C=O) groups is 1. The highest BCUT2D eigenvalue weighted by molar-refractivity contribution is 5.98. The molecular weight excluding hydrogens is 318 g/mol. The second-order valence-corrected chi connectivity index (χ2v) is 6.25. The first-order chi connectivity index (χ1) is 12.3. The maximum absolute atomic E-state index is 13.0. The molecule has 25 heavy (non-hydrogen) atoms. The first-order valence-electron chi connectivity index (χ1n) is 8.58. The summed E-state index contributed by atoms with van der Waals surface area (Å²) in [4.78, 5) is 21.2. The van der Waals surface area contributed by atoms with Crippen LogP contribution >= 0.6 is 0 Å². The number of carbonyl (C=O) groups excluding carboxylic acids is 1. The second-order valence-electron chi connectivity index (χ2n) is 6.25. The maximum atomic E-state index is 13.0. The Balaban J connectivity index is 1.46. The molecule has 130 valence electrons. The van der Waals surface area contributed by atoms with Gasteiger partial charge in [0.25, 0.3) is 5.91 Å². The van der Waals surface area contributed by atoms with Crippen molar-refractivity contribution in [1.29, 1.82) is 0 Å². The Hall–Kier alpha value is -2.44. The summed E-state index contributed by atoms with van der Waals surface area (Å²) >= 11 is 0. The monoisotopic (exact) mass is 339 g/mol. The molecule has 0 aliphatic carbocycles. The van der Waals surface area contributed by atoms with Crippen LogP contribution in [0.2, 0.25) is 0 Å². The molecule has 2 aliphatic heterocycles. The van der Waals surface area contributed by atoms with Gasteiger partial charge >= 0.3 is 0 Å². The Labute approximate surface area is 147 Å². The lowest BCUT2D eigenvalue weighted by molar-refractivity contribution is -0.136. The maximum Gasteiger partial charge on any atom is 0.257 e. The standard InChI is InChI=1S/C19H21N3O3/c23-19(22-10-12-25-18-16(22)7-4-8-20-18)17-14-21(9-11-24-17)13-15-5-2-1-3-6-15/h1-8,17H,9-14H2/t17-/m0/s1. The number of hydrogen-bond donors (Lipinski definition) is 0. The van der Waals surface area contributed by atoms with Gasteiger partial charge in [-0.25, -0.2) is 4.98 Å². The molecule has 0 bridgehead atoms. The van der Waals surface area contributed by atoms with Gasteiger partial charge < -0.3 is 14.4 Å². The number of fused-ring (bicyclic) bond motifs is 1. The van der Waals surface area contributed by atoms with Gasteiger partial charge in [0.05, 0.1) is 13.2 Å².